The van der Waals surface area contributed by atoms with Crippen molar-refractivity contribution in [1.29, 1.82) is 0 Å². The molecule has 0 saturated heterocycles. The van der Waals surface area contributed by atoms with E-state index in [2.05, 4.69) is 5.32 Å². The van der Waals surface area contributed by atoms with Crippen molar-refractivity contribution in [3.63, 3.8) is 0 Å². The zero-order valence-corrected chi connectivity index (χ0v) is 16.7. The second-order valence-corrected chi connectivity index (χ2v) is 7.40. The van der Waals surface area contributed by atoms with Gasteiger partial charge < -0.3 is 10.2 Å². The molecular weight excluding hydrogens is 373 g/mol. The molecule has 1 N–H and O–H groups in total. The van der Waals surface area contributed by atoms with Crippen molar-refractivity contribution in [2.45, 2.75) is 19.4 Å². The smallest absolute Gasteiger partial charge is 0.261 e. The highest BCUT2D eigenvalue weighted by Gasteiger charge is 2.35. The number of nitrogens with one attached hydrogen (secondary N) is 1. The summed E-state index contributed by atoms with van der Waals surface area (Å²) in [6.07, 6.45) is 0.00769. The van der Waals surface area contributed by atoms with Crippen molar-refractivity contribution >= 4 is 17.7 Å². The van der Waals surface area contributed by atoms with Crippen LogP contribution < -0.4 is 5.32 Å². The predicted octanol–water partition coefficient (Wildman–Crippen LogP) is 2.54. The lowest BCUT2D eigenvalue weighted by molar-refractivity contribution is -0.121. The van der Waals surface area contributed by atoms with Gasteiger partial charge in [0.15, 0.2) is 0 Å². The second kappa shape index (κ2) is 8.53. The Morgan fingerprint density at radius 3 is 2.52 bits per heavy atom. The number of fused-ring (bicyclic) bond motifs is 1. The molecule has 0 aliphatic carbocycles. The summed E-state index contributed by atoms with van der Waals surface area (Å²) in [5.41, 5.74) is 2.41. The summed E-state index contributed by atoms with van der Waals surface area (Å²) in [6, 6.07) is 11.2. The first-order chi connectivity index (χ1) is 13.8. The molecular formula is C22H24FN3O3. The number of imide groups is 1. The summed E-state index contributed by atoms with van der Waals surface area (Å²) in [5.74, 6) is -1.35. The standard InChI is InChI=1S/C22H24FN3O3/c1-14-7-8-17-18(11-14)22(29)26(21(17)28)10-9-20(27)24-13-19(25(2)3)15-5-4-6-16(23)12-15/h4-8,11-12,19H,9-10,13H2,1-3H3,(H,24,27)/t19-/m1/s1. The zero-order chi connectivity index (χ0) is 21.1. The van der Waals surface area contributed by atoms with Crippen molar-refractivity contribution in [2.24, 2.45) is 0 Å². The van der Waals surface area contributed by atoms with Crippen LogP contribution in [0, 0.1) is 12.7 Å². The molecule has 1 atom stereocenters. The van der Waals surface area contributed by atoms with E-state index in [-0.39, 0.29) is 49.1 Å². The highest BCUT2D eigenvalue weighted by molar-refractivity contribution is 6.21. The van der Waals surface area contributed by atoms with E-state index < -0.39 is 0 Å². The number of benzene rings is 2. The Kier molecular flexibility index (Phi) is 6.08. The quantitative estimate of drug-likeness (QED) is 0.729. The number of nitrogens with zero attached hydrogens (tertiary/aromatic N) is 2. The average Bonchev–Trinajstić information content (AvgIpc) is 2.90. The molecule has 0 aromatic heterocycles. The van der Waals surface area contributed by atoms with Gasteiger partial charge in [-0.2, -0.15) is 0 Å². The largest absolute Gasteiger partial charge is 0.354 e. The van der Waals surface area contributed by atoms with Gasteiger partial charge in [0.1, 0.15) is 5.82 Å². The summed E-state index contributed by atoms with van der Waals surface area (Å²) in [4.78, 5) is 40.2. The third kappa shape index (κ3) is 4.51. The highest BCUT2D eigenvalue weighted by atomic mass is 19.1. The maximum absolute atomic E-state index is 13.5. The van der Waals surface area contributed by atoms with Crippen molar-refractivity contribution < 1.29 is 18.8 Å². The van der Waals surface area contributed by atoms with Crippen molar-refractivity contribution in [3.05, 3.63) is 70.5 Å². The van der Waals surface area contributed by atoms with E-state index in [1.807, 2.05) is 25.9 Å². The minimum Gasteiger partial charge on any atom is -0.354 e. The SMILES string of the molecule is Cc1ccc2c(c1)C(=O)N(CCC(=O)NC[C@H](c1cccc(F)c1)N(C)C)C2=O. The average molecular weight is 397 g/mol. The second-order valence-electron chi connectivity index (χ2n) is 7.40. The van der Waals surface area contributed by atoms with Gasteiger partial charge in [0, 0.05) is 19.5 Å². The molecule has 0 unspecified atom stereocenters. The van der Waals surface area contributed by atoms with Crippen molar-refractivity contribution in [1.82, 2.24) is 15.1 Å². The van der Waals surface area contributed by atoms with Gasteiger partial charge in [-0.25, -0.2) is 4.39 Å². The summed E-state index contributed by atoms with van der Waals surface area (Å²) < 4.78 is 13.5. The Labute approximate surface area is 169 Å². The van der Waals surface area contributed by atoms with Crippen LogP contribution in [0.3, 0.4) is 0 Å². The first-order valence-electron chi connectivity index (χ1n) is 9.43. The van der Waals surface area contributed by atoms with Crippen LogP contribution in [-0.2, 0) is 4.79 Å². The van der Waals surface area contributed by atoms with E-state index in [4.69, 9.17) is 0 Å². The Morgan fingerprint density at radius 1 is 1.10 bits per heavy atom. The van der Waals surface area contributed by atoms with Gasteiger partial charge in [-0.1, -0.05) is 23.8 Å². The predicted molar refractivity (Wildman–Crippen MR) is 107 cm³/mol. The maximum atomic E-state index is 13.5. The summed E-state index contributed by atoms with van der Waals surface area (Å²) >= 11 is 0. The topological polar surface area (TPSA) is 69.7 Å². The lowest BCUT2D eigenvalue weighted by atomic mass is 10.1. The number of carbonyl (C=O) groups is 3. The number of likely N-dealkylation sites (N-methyl/N-ethyl adjacent to an activating group) is 1. The van der Waals surface area contributed by atoms with Crippen LogP contribution in [0.2, 0.25) is 0 Å². The van der Waals surface area contributed by atoms with Crippen LogP contribution in [0.4, 0.5) is 4.39 Å². The summed E-state index contributed by atoms with van der Waals surface area (Å²) in [7, 11) is 3.70. The molecule has 0 spiro atoms. The lowest BCUT2D eigenvalue weighted by Crippen LogP contribution is -2.37. The maximum Gasteiger partial charge on any atom is 0.261 e. The fourth-order valence-electron chi connectivity index (χ4n) is 3.43. The Bertz CT molecular complexity index is 958. The monoisotopic (exact) mass is 397 g/mol. The number of halogens is 1. The highest BCUT2D eigenvalue weighted by Crippen LogP contribution is 2.24. The Morgan fingerprint density at radius 2 is 1.83 bits per heavy atom. The Balaban J connectivity index is 1.57. The lowest BCUT2D eigenvalue weighted by Gasteiger charge is -2.25. The number of carbonyl (C=O) groups excluding carboxylic acids is 3. The number of hydrogen-bond donors (Lipinski definition) is 1. The summed E-state index contributed by atoms with van der Waals surface area (Å²) in [5, 5.41) is 2.81. The van der Waals surface area contributed by atoms with Gasteiger partial charge in [-0.05, 0) is 50.8 Å². The van der Waals surface area contributed by atoms with Gasteiger partial charge in [-0.15, -0.1) is 0 Å². The Hall–Kier alpha value is -3.06. The molecule has 0 saturated carbocycles. The third-order valence-electron chi connectivity index (χ3n) is 5.04. The van der Waals surface area contributed by atoms with Crippen LogP contribution in [0.1, 0.15) is 44.3 Å². The molecule has 2 aromatic rings. The molecule has 152 valence electrons. The van der Waals surface area contributed by atoms with E-state index >= 15 is 0 Å². The molecule has 1 heterocycles. The van der Waals surface area contributed by atoms with E-state index in [9.17, 15) is 18.8 Å². The fourth-order valence-corrected chi connectivity index (χ4v) is 3.43. The molecule has 3 rings (SSSR count). The first-order valence-corrected chi connectivity index (χ1v) is 9.43. The molecule has 29 heavy (non-hydrogen) atoms. The molecule has 7 heteroatoms. The molecule has 6 nitrogen and oxygen atoms in total. The number of amides is 3. The molecule has 3 amide bonds. The fraction of sp³-hybridized carbons (Fsp3) is 0.318. The zero-order valence-electron chi connectivity index (χ0n) is 16.7. The third-order valence-corrected chi connectivity index (χ3v) is 5.04. The number of hydrogen-bond acceptors (Lipinski definition) is 4. The number of rotatable bonds is 7. The summed E-state index contributed by atoms with van der Waals surface area (Å²) in [6.45, 7) is 2.16. The first kappa shape index (κ1) is 20.7. The molecule has 1 aliphatic heterocycles. The van der Waals surface area contributed by atoms with E-state index in [0.29, 0.717) is 11.1 Å². The van der Waals surface area contributed by atoms with Gasteiger partial charge in [-0.3, -0.25) is 19.3 Å². The molecule has 2 aromatic carbocycles. The molecule has 0 fully saturated rings. The molecule has 0 bridgehead atoms. The van der Waals surface area contributed by atoms with E-state index in [1.165, 1.54) is 12.1 Å². The van der Waals surface area contributed by atoms with Crippen LogP contribution in [0.15, 0.2) is 42.5 Å². The van der Waals surface area contributed by atoms with Gasteiger partial charge in [0.25, 0.3) is 11.8 Å². The molecule has 1 aliphatic rings. The van der Waals surface area contributed by atoms with E-state index in [1.54, 1.807) is 30.3 Å². The normalized spacial score (nSPS) is 14.3. The van der Waals surface area contributed by atoms with Crippen LogP contribution in [0.5, 0.6) is 0 Å². The van der Waals surface area contributed by atoms with Crippen molar-refractivity contribution in [2.75, 3.05) is 27.2 Å². The molecule has 0 radical (unpaired) electrons. The van der Waals surface area contributed by atoms with Crippen LogP contribution in [0.25, 0.3) is 0 Å². The minimum atomic E-state index is -0.372. The van der Waals surface area contributed by atoms with Gasteiger partial charge in [0.2, 0.25) is 5.91 Å². The van der Waals surface area contributed by atoms with Gasteiger partial charge >= 0.3 is 0 Å². The van der Waals surface area contributed by atoms with Crippen molar-refractivity contribution in [3.8, 4) is 0 Å². The van der Waals surface area contributed by atoms with E-state index in [0.717, 1.165) is 16.0 Å². The number of aryl methyl sites for hydroxylation is 1. The minimum absolute atomic E-state index is 0.00769. The van der Waals surface area contributed by atoms with Crippen LogP contribution in [-0.4, -0.2) is 54.7 Å². The van der Waals surface area contributed by atoms with Crippen LogP contribution >= 0.6 is 0 Å². The van der Waals surface area contributed by atoms with Gasteiger partial charge in [0.05, 0.1) is 17.2 Å².